The number of rotatable bonds is 4. The predicted octanol–water partition coefficient (Wildman–Crippen LogP) is 4.89. The van der Waals surface area contributed by atoms with E-state index in [1.54, 1.807) is 30.7 Å². The van der Waals surface area contributed by atoms with Gasteiger partial charge in [0.2, 0.25) is 0 Å². The zero-order chi connectivity index (χ0) is 18.8. The van der Waals surface area contributed by atoms with Crippen LogP contribution in [-0.4, -0.2) is 20.1 Å². The van der Waals surface area contributed by atoms with Crippen molar-refractivity contribution in [3.8, 4) is 5.75 Å². The quantitative estimate of drug-likeness (QED) is 0.530. The van der Waals surface area contributed by atoms with Crippen molar-refractivity contribution in [1.29, 1.82) is 0 Å². The highest BCUT2D eigenvalue weighted by molar-refractivity contribution is 6.35. The Morgan fingerprint density at radius 3 is 2.59 bits per heavy atom. The minimum Gasteiger partial charge on any atom is -0.505 e. The fraction of sp³-hybridized carbons (Fsp3) is 0.0952. The molecule has 27 heavy (non-hydrogen) atoms. The van der Waals surface area contributed by atoms with Crippen molar-refractivity contribution in [2.45, 2.75) is 13.0 Å². The van der Waals surface area contributed by atoms with E-state index >= 15 is 0 Å². The number of aryl methyl sites for hydroxylation is 1. The van der Waals surface area contributed by atoms with Crippen LogP contribution in [0.3, 0.4) is 0 Å². The van der Waals surface area contributed by atoms with Crippen molar-refractivity contribution < 1.29 is 5.11 Å². The second-order valence-electron chi connectivity index (χ2n) is 6.25. The van der Waals surface area contributed by atoms with Crippen LogP contribution in [0.1, 0.15) is 22.9 Å². The molecule has 134 valence electrons. The van der Waals surface area contributed by atoms with Gasteiger partial charge in [-0.2, -0.15) is 0 Å². The maximum absolute atomic E-state index is 10.9. The number of anilines is 1. The Balaban J connectivity index is 1.87. The summed E-state index contributed by atoms with van der Waals surface area (Å²) in [6.45, 7) is 1.98. The topological polar surface area (TPSA) is 70.9 Å². The average Bonchev–Trinajstić information content (AvgIpc) is 2.71. The van der Waals surface area contributed by atoms with E-state index in [1.165, 1.54) is 0 Å². The van der Waals surface area contributed by atoms with Gasteiger partial charge in [-0.3, -0.25) is 9.97 Å². The number of aromatic hydroxyl groups is 1. The lowest BCUT2D eigenvalue weighted by molar-refractivity contribution is 0.471. The molecule has 1 aromatic carbocycles. The van der Waals surface area contributed by atoms with Gasteiger partial charge in [0.1, 0.15) is 17.1 Å². The zero-order valence-corrected chi connectivity index (χ0v) is 15.4. The summed E-state index contributed by atoms with van der Waals surface area (Å²) < 4.78 is 0. The molecular weight excluding hydrogens is 360 g/mol. The smallest absolute Gasteiger partial charge is 0.147 e. The minimum atomic E-state index is -0.440. The molecule has 0 aliphatic heterocycles. The molecule has 5 nitrogen and oxygen atoms in total. The van der Waals surface area contributed by atoms with E-state index in [2.05, 4.69) is 20.3 Å². The van der Waals surface area contributed by atoms with Crippen molar-refractivity contribution in [3.63, 3.8) is 0 Å². The van der Waals surface area contributed by atoms with Gasteiger partial charge in [0.05, 0.1) is 16.8 Å². The van der Waals surface area contributed by atoms with E-state index in [4.69, 9.17) is 11.6 Å². The summed E-state index contributed by atoms with van der Waals surface area (Å²) in [6.07, 6.45) is 5.13. The Bertz CT molecular complexity index is 1080. The fourth-order valence-electron chi connectivity index (χ4n) is 2.98. The highest BCUT2D eigenvalue weighted by atomic mass is 35.5. The van der Waals surface area contributed by atoms with Gasteiger partial charge < -0.3 is 10.4 Å². The number of benzene rings is 1. The second-order valence-corrected chi connectivity index (χ2v) is 6.66. The van der Waals surface area contributed by atoms with Gasteiger partial charge in [0.15, 0.2) is 0 Å². The van der Waals surface area contributed by atoms with Crippen LogP contribution in [0.25, 0.3) is 10.9 Å². The Labute approximate surface area is 161 Å². The van der Waals surface area contributed by atoms with Gasteiger partial charge >= 0.3 is 0 Å². The third-order valence-corrected chi connectivity index (χ3v) is 4.66. The standard InChI is InChI=1S/C21H17ClN4O/c1-13-7-8-18(25-12-13)26-19(17-6-2-3-9-23-17)15-11-16(22)14-5-4-10-24-20(14)21(15)27/h2-12,19,27H,1H3,(H,25,26). The van der Waals surface area contributed by atoms with Crippen LogP contribution in [0.5, 0.6) is 5.75 Å². The first-order valence-corrected chi connectivity index (χ1v) is 8.87. The summed E-state index contributed by atoms with van der Waals surface area (Å²) in [6, 6.07) is 14.4. The molecule has 0 aliphatic carbocycles. The van der Waals surface area contributed by atoms with Crippen LogP contribution >= 0.6 is 11.6 Å². The van der Waals surface area contributed by atoms with Gasteiger partial charge in [0, 0.05) is 29.5 Å². The summed E-state index contributed by atoms with van der Waals surface area (Å²) in [5.74, 6) is 0.748. The van der Waals surface area contributed by atoms with Gasteiger partial charge in [0.25, 0.3) is 0 Å². The first-order valence-electron chi connectivity index (χ1n) is 8.49. The zero-order valence-electron chi connectivity index (χ0n) is 14.6. The normalized spacial score (nSPS) is 12.1. The van der Waals surface area contributed by atoms with Crippen LogP contribution in [0, 0.1) is 6.92 Å². The summed E-state index contributed by atoms with van der Waals surface area (Å²) in [7, 11) is 0. The van der Waals surface area contributed by atoms with Crippen molar-refractivity contribution in [3.05, 3.63) is 89.0 Å². The number of nitrogens with one attached hydrogen (secondary N) is 1. The van der Waals surface area contributed by atoms with Crippen molar-refractivity contribution in [1.82, 2.24) is 15.0 Å². The van der Waals surface area contributed by atoms with E-state index in [0.29, 0.717) is 27.3 Å². The van der Waals surface area contributed by atoms with E-state index < -0.39 is 6.04 Å². The first kappa shape index (κ1) is 17.2. The Morgan fingerprint density at radius 2 is 1.85 bits per heavy atom. The largest absolute Gasteiger partial charge is 0.505 e. The molecule has 3 aromatic heterocycles. The molecule has 2 N–H and O–H groups in total. The van der Waals surface area contributed by atoms with Crippen LogP contribution in [0.2, 0.25) is 5.02 Å². The van der Waals surface area contributed by atoms with Crippen molar-refractivity contribution in [2.75, 3.05) is 5.32 Å². The molecular formula is C21H17ClN4O. The highest BCUT2D eigenvalue weighted by Gasteiger charge is 2.22. The average molecular weight is 377 g/mol. The van der Waals surface area contributed by atoms with E-state index in [-0.39, 0.29) is 5.75 Å². The SMILES string of the molecule is Cc1ccc(NC(c2ccccn2)c2cc(Cl)c3cccnc3c2O)nc1. The van der Waals surface area contributed by atoms with Crippen molar-refractivity contribution in [2.24, 2.45) is 0 Å². The lowest BCUT2D eigenvalue weighted by Gasteiger charge is -2.21. The summed E-state index contributed by atoms with van der Waals surface area (Å²) in [5, 5.41) is 15.5. The highest BCUT2D eigenvalue weighted by Crippen LogP contribution is 2.39. The van der Waals surface area contributed by atoms with Crippen LogP contribution < -0.4 is 5.32 Å². The van der Waals surface area contributed by atoms with Crippen LogP contribution in [0.15, 0.2) is 67.1 Å². The summed E-state index contributed by atoms with van der Waals surface area (Å²) >= 11 is 6.47. The Kier molecular flexibility index (Phi) is 4.60. The Hall–Kier alpha value is -3.18. The molecule has 4 rings (SSSR count). The second kappa shape index (κ2) is 7.21. The molecule has 0 saturated heterocycles. The summed E-state index contributed by atoms with van der Waals surface area (Å²) in [5.41, 5.74) is 2.85. The number of halogens is 1. The van der Waals surface area contributed by atoms with Gasteiger partial charge in [-0.15, -0.1) is 0 Å². The van der Waals surface area contributed by atoms with Gasteiger partial charge in [-0.05, 0) is 48.9 Å². The van der Waals surface area contributed by atoms with E-state index in [0.717, 1.165) is 11.3 Å². The monoisotopic (exact) mass is 376 g/mol. The number of fused-ring (bicyclic) bond motifs is 1. The maximum Gasteiger partial charge on any atom is 0.147 e. The number of hydrogen-bond acceptors (Lipinski definition) is 5. The molecule has 1 atom stereocenters. The first-order chi connectivity index (χ1) is 13.1. The van der Waals surface area contributed by atoms with E-state index in [1.807, 2.05) is 43.3 Å². The molecule has 0 spiro atoms. The van der Waals surface area contributed by atoms with Crippen molar-refractivity contribution >= 4 is 28.3 Å². The molecule has 0 amide bonds. The lowest BCUT2D eigenvalue weighted by Crippen LogP contribution is -2.15. The van der Waals surface area contributed by atoms with Gasteiger partial charge in [-0.25, -0.2) is 4.98 Å². The number of phenols is 1. The van der Waals surface area contributed by atoms with Crippen LogP contribution in [-0.2, 0) is 0 Å². The van der Waals surface area contributed by atoms with Gasteiger partial charge in [-0.1, -0.05) is 23.7 Å². The number of aromatic nitrogens is 3. The maximum atomic E-state index is 10.9. The molecule has 3 heterocycles. The predicted molar refractivity (Wildman–Crippen MR) is 107 cm³/mol. The molecule has 0 saturated carbocycles. The summed E-state index contributed by atoms with van der Waals surface area (Å²) in [4.78, 5) is 13.2. The lowest BCUT2D eigenvalue weighted by atomic mass is 9.99. The Morgan fingerprint density at radius 1 is 1.00 bits per heavy atom. The van der Waals surface area contributed by atoms with Crippen LogP contribution in [0.4, 0.5) is 5.82 Å². The number of pyridine rings is 3. The molecule has 0 bridgehead atoms. The number of hydrogen-bond donors (Lipinski definition) is 2. The molecule has 0 radical (unpaired) electrons. The third kappa shape index (κ3) is 3.41. The third-order valence-electron chi connectivity index (χ3n) is 4.34. The molecule has 6 heteroatoms. The minimum absolute atomic E-state index is 0.0743. The number of phenolic OH excluding ortho intramolecular Hbond substituents is 1. The fourth-order valence-corrected chi connectivity index (χ4v) is 3.25. The molecule has 4 aromatic rings. The molecule has 0 aliphatic rings. The molecule has 0 fully saturated rings. The van der Waals surface area contributed by atoms with E-state index in [9.17, 15) is 5.11 Å². The molecule has 1 unspecified atom stereocenters. The number of nitrogens with zero attached hydrogens (tertiary/aromatic N) is 3.